The minimum absolute atomic E-state index is 0.146. The molecule has 0 saturated carbocycles. The van der Waals surface area contributed by atoms with Crippen molar-refractivity contribution in [3.05, 3.63) is 16.5 Å². The summed E-state index contributed by atoms with van der Waals surface area (Å²) in [5.41, 5.74) is 0.891. The molecule has 0 amide bonds. The van der Waals surface area contributed by atoms with Crippen LogP contribution in [0, 0.1) is 6.92 Å². The lowest BCUT2D eigenvalue weighted by Gasteiger charge is -2.06. The van der Waals surface area contributed by atoms with Gasteiger partial charge < -0.3 is 5.11 Å². The Hall–Kier alpha value is -0.320. The highest BCUT2D eigenvalue weighted by atomic mass is 35.5. The van der Waals surface area contributed by atoms with Gasteiger partial charge >= 0.3 is 0 Å². The van der Waals surface area contributed by atoms with Gasteiger partial charge in [-0.2, -0.15) is 0 Å². The van der Waals surface area contributed by atoms with E-state index in [1.807, 2.05) is 13.8 Å². The molecule has 0 aliphatic heterocycles. The van der Waals surface area contributed by atoms with Crippen LogP contribution in [0.5, 0.6) is 0 Å². The third kappa shape index (κ3) is 2.83. The second kappa shape index (κ2) is 5.53. The van der Waals surface area contributed by atoms with E-state index in [0.717, 1.165) is 22.8 Å². The first kappa shape index (κ1) is 11.8. The number of thioether (sulfide) groups is 1. The summed E-state index contributed by atoms with van der Waals surface area (Å²) in [4.78, 5) is 8.48. The van der Waals surface area contributed by atoms with Gasteiger partial charge in [-0.15, -0.1) is 11.8 Å². The third-order valence-electron chi connectivity index (χ3n) is 1.73. The molecule has 1 N–H and O–H groups in total. The van der Waals surface area contributed by atoms with E-state index < -0.39 is 0 Å². The summed E-state index contributed by atoms with van der Waals surface area (Å²) in [5.74, 6) is 1.39. The first-order valence-corrected chi connectivity index (χ1v) is 5.82. The maximum absolute atomic E-state index is 8.72. The second-order valence-corrected chi connectivity index (χ2v) is 4.23. The van der Waals surface area contributed by atoms with Gasteiger partial charge in [0.25, 0.3) is 0 Å². The van der Waals surface area contributed by atoms with Crippen molar-refractivity contribution in [2.45, 2.75) is 25.3 Å². The van der Waals surface area contributed by atoms with Crippen LogP contribution in [-0.4, -0.2) is 27.4 Å². The van der Waals surface area contributed by atoms with Gasteiger partial charge in [0.05, 0.1) is 6.61 Å². The van der Waals surface area contributed by atoms with Crippen molar-refractivity contribution < 1.29 is 5.11 Å². The Morgan fingerprint density at radius 3 is 2.71 bits per heavy atom. The number of hydrogen-bond acceptors (Lipinski definition) is 4. The van der Waals surface area contributed by atoms with Crippen molar-refractivity contribution in [2.24, 2.45) is 0 Å². The number of hydrogen-bond donors (Lipinski definition) is 1. The van der Waals surface area contributed by atoms with Crippen molar-refractivity contribution in [2.75, 3.05) is 12.4 Å². The van der Waals surface area contributed by atoms with E-state index in [4.69, 9.17) is 16.7 Å². The highest BCUT2D eigenvalue weighted by molar-refractivity contribution is 7.99. The number of aliphatic hydroxyl groups excluding tert-OH is 1. The van der Waals surface area contributed by atoms with E-state index in [9.17, 15) is 0 Å². The van der Waals surface area contributed by atoms with E-state index in [1.165, 1.54) is 11.8 Å². The Labute approximate surface area is 92.9 Å². The molecule has 0 bridgehead atoms. The van der Waals surface area contributed by atoms with Gasteiger partial charge in [0.15, 0.2) is 0 Å². The summed E-state index contributed by atoms with van der Waals surface area (Å²) < 4.78 is 0. The molecular formula is C9H13ClN2OS. The van der Waals surface area contributed by atoms with Gasteiger partial charge in [-0.25, -0.2) is 9.97 Å². The molecule has 0 unspecified atom stereocenters. The Kier molecular flexibility index (Phi) is 4.65. The van der Waals surface area contributed by atoms with Gasteiger partial charge in [-0.1, -0.05) is 18.5 Å². The number of nitrogens with zero attached hydrogens (tertiary/aromatic N) is 2. The van der Waals surface area contributed by atoms with Gasteiger partial charge in [0, 0.05) is 17.7 Å². The molecule has 3 nitrogen and oxygen atoms in total. The number of rotatable bonds is 4. The Morgan fingerprint density at radius 2 is 2.14 bits per heavy atom. The van der Waals surface area contributed by atoms with Crippen LogP contribution in [0.4, 0.5) is 0 Å². The minimum atomic E-state index is 0.146. The second-order valence-electron chi connectivity index (χ2n) is 2.79. The van der Waals surface area contributed by atoms with Crippen molar-refractivity contribution in [1.82, 2.24) is 9.97 Å². The predicted octanol–water partition coefficient (Wildman–Crippen LogP) is 2.09. The Morgan fingerprint density at radius 1 is 1.43 bits per heavy atom. The highest BCUT2D eigenvalue weighted by Gasteiger charge is 2.08. The monoisotopic (exact) mass is 232 g/mol. The fraction of sp³-hybridized carbons (Fsp3) is 0.556. The molecule has 1 rings (SSSR count). The molecule has 14 heavy (non-hydrogen) atoms. The van der Waals surface area contributed by atoms with Crippen LogP contribution in [0.3, 0.4) is 0 Å². The summed E-state index contributed by atoms with van der Waals surface area (Å²) >= 11 is 7.45. The van der Waals surface area contributed by atoms with Crippen LogP contribution in [0.2, 0.25) is 5.15 Å². The van der Waals surface area contributed by atoms with Crippen LogP contribution < -0.4 is 0 Å². The summed E-state index contributed by atoms with van der Waals surface area (Å²) in [7, 11) is 0. The SMILES string of the molecule is CCc1nc(Cl)c(C)c(SCCO)n1. The average Bonchev–Trinajstić information content (AvgIpc) is 2.20. The molecule has 0 radical (unpaired) electrons. The smallest absolute Gasteiger partial charge is 0.136 e. The van der Waals surface area contributed by atoms with E-state index in [0.29, 0.717) is 10.9 Å². The number of aliphatic hydroxyl groups is 1. The predicted molar refractivity (Wildman–Crippen MR) is 59.0 cm³/mol. The maximum Gasteiger partial charge on any atom is 0.136 e. The summed E-state index contributed by atoms with van der Waals surface area (Å²) in [5, 5.41) is 10.1. The van der Waals surface area contributed by atoms with Gasteiger partial charge in [-0.3, -0.25) is 0 Å². The summed E-state index contributed by atoms with van der Waals surface area (Å²) in [6.07, 6.45) is 0.771. The third-order valence-corrected chi connectivity index (χ3v) is 3.16. The van der Waals surface area contributed by atoms with E-state index in [-0.39, 0.29) is 6.61 Å². The molecule has 1 heterocycles. The zero-order valence-corrected chi connectivity index (χ0v) is 9.82. The van der Waals surface area contributed by atoms with Crippen molar-refractivity contribution in [3.8, 4) is 0 Å². The van der Waals surface area contributed by atoms with E-state index in [2.05, 4.69) is 9.97 Å². The van der Waals surface area contributed by atoms with Gasteiger partial charge in [-0.05, 0) is 6.92 Å². The fourth-order valence-electron chi connectivity index (χ4n) is 0.952. The van der Waals surface area contributed by atoms with Crippen LogP contribution in [-0.2, 0) is 6.42 Å². The fourth-order valence-corrected chi connectivity index (χ4v) is 1.96. The molecule has 0 aliphatic carbocycles. The first-order valence-electron chi connectivity index (χ1n) is 4.45. The molecule has 1 aromatic heterocycles. The largest absolute Gasteiger partial charge is 0.396 e. The molecule has 0 aliphatic rings. The van der Waals surface area contributed by atoms with Crippen LogP contribution >= 0.6 is 23.4 Å². The van der Waals surface area contributed by atoms with Gasteiger partial charge in [0.1, 0.15) is 16.0 Å². The lowest BCUT2D eigenvalue weighted by atomic mass is 10.3. The van der Waals surface area contributed by atoms with Crippen LogP contribution in [0.25, 0.3) is 0 Å². The molecule has 0 atom stereocenters. The van der Waals surface area contributed by atoms with Crippen LogP contribution in [0.15, 0.2) is 5.03 Å². The van der Waals surface area contributed by atoms with Crippen molar-refractivity contribution >= 4 is 23.4 Å². The molecule has 1 aromatic rings. The highest BCUT2D eigenvalue weighted by Crippen LogP contribution is 2.24. The lowest BCUT2D eigenvalue weighted by molar-refractivity contribution is 0.322. The normalized spacial score (nSPS) is 10.6. The minimum Gasteiger partial charge on any atom is -0.396 e. The topological polar surface area (TPSA) is 46.0 Å². The van der Waals surface area contributed by atoms with Crippen LogP contribution in [0.1, 0.15) is 18.3 Å². The first-order chi connectivity index (χ1) is 6.69. The number of aromatic nitrogens is 2. The van der Waals surface area contributed by atoms with Crippen molar-refractivity contribution in [1.29, 1.82) is 0 Å². The standard InChI is InChI=1S/C9H13ClN2OS/c1-3-7-11-8(10)6(2)9(12-7)14-5-4-13/h13H,3-5H2,1-2H3. The molecule has 78 valence electrons. The van der Waals surface area contributed by atoms with E-state index >= 15 is 0 Å². The van der Waals surface area contributed by atoms with E-state index in [1.54, 1.807) is 0 Å². The molecule has 0 spiro atoms. The zero-order chi connectivity index (χ0) is 10.6. The van der Waals surface area contributed by atoms with Crippen molar-refractivity contribution in [3.63, 3.8) is 0 Å². The molecule has 0 aromatic carbocycles. The molecule has 5 heteroatoms. The Bertz CT molecular complexity index is 320. The zero-order valence-electron chi connectivity index (χ0n) is 8.25. The number of aryl methyl sites for hydroxylation is 1. The Balaban J connectivity index is 2.95. The summed E-state index contributed by atoms with van der Waals surface area (Å²) in [6.45, 7) is 4.02. The number of halogens is 1. The molecule has 0 fully saturated rings. The lowest BCUT2D eigenvalue weighted by Crippen LogP contribution is -1.99. The quantitative estimate of drug-likeness (QED) is 0.638. The molecular weight excluding hydrogens is 220 g/mol. The summed E-state index contributed by atoms with van der Waals surface area (Å²) in [6, 6.07) is 0. The average molecular weight is 233 g/mol. The maximum atomic E-state index is 8.72. The van der Waals surface area contributed by atoms with Gasteiger partial charge in [0.2, 0.25) is 0 Å². The molecule has 0 saturated heterocycles.